The van der Waals surface area contributed by atoms with E-state index in [9.17, 15) is 0 Å². The van der Waals surface area contributed by atoms with Gasteiger partial charge in [-0.05, 0) is 57.3 Å². The second kappa shape index (κ2) is 12.3. The second-order valence-electron chi connectivity index (χ2n) is 6.03. The van der Waals surface area contributed by atoms with E-state index in [1.165, 1.54) is 48.6 Å². The van der Waals surface area contributed by atoms with Crippen molar-refractivity contribution in [2.45, 2.75) is 52.9 Å². The van der Waals surface area contributed by atoms with Crippen molar-refractivity contribution in [3.8, 4) is 0 Å². The Morgan fingerprint density at radius 3 is 2.50 bits per heavy atom. The van der Waals surface area contributed by atoms with E-state index < -0.39 is 0 Å². The van der Waals surface area contributed by atoms with E-state index in [2.05, 4.69) is 35.1 Å². The third-order valence-electron chi connectivity index (χ3n) is 4.61. The average molecular weight is 360 g/mol. The monoisotopic (exact) mass is 359 g/mol. The largest absolute Gasteiger partial charge is 0.483 e. The summed E-state index contributed by atoms with van der Waals surface area (Å²) in [5.74, 6) is 0. The molecule has 1 aromatic rings. The van der Waals surface area contributed by atoms with Gasteiger partial charge in [-0.3, -0.25) is 4.79 Å². The first-order chi connectivity index (χ1) is 12.7. The van der Waals surface area contributed by atoms with Gasteiger partial charge in [0.05, 0.1) is 12.0 Å². The van der Waals surface area contributed by atoms with Gasteiger partial charge in [0.1, 0.15) is 0 Å². The fourth-order valence-electron chi connectivity index (χ4n) is 3.45. The number of allylic oxidation sites excluding steroid dienone is 5. The predicted octanol–water partition coefficient (Wildman–Crippen LogP) is 4.17. The topological polar surface area (TPSA) is 58.4 Å². The van der Waals surface area contributed by atoms with Crippen molar-refractivity contribution in [1.29, 1.82) is 0 Å². The Labute approximate surface area is 157 Å². The minimum atomic E-state index is -0.250. The van der Waals surface area contributed by atoms with E-state index in [-0.39, 0.29) is 6.47 Å². The molecule has 0 amide bonds. The minimum absolute atomic E-state index is 0.250. The molecule has 1 saturated heterocycles. The van der Waals surface area contributed by atoms with E-state index in [1.807, 2.05) is 26.3 Å². The van der Waals surface area contributed by atoms with Crippen molar-refractivity contribution < 1.29 is 9.90 Å². The zero-order valence-corrected chi connectivity index (χ0v) is 16.4. The molecule has 3 heterocycles. The number of likely N-dealkylation sites (tertiary alicyclic amines) is 1. The highest BCUT2D eigenvalue weighted by Gasteiger charge is 2.20. The molecule has 26 heavy (non-hydrogen) atoms. The highest BCUT2D eigenvalue weighted by molar-refractivity contribution is 5.66. The lowest BCUT2D eigenvalue weighted by atomic mass is 9.99. The Balaban J connectivity index is 0.000000615. The van der Waals surface area contributed by atoms with Gasteiger partial charge in [0, 0.05) is 24.4 Å². The quantitative estimate of drug-likeness (QED) is 0.802. The van der Waals surface area contributed by atoms with E-state index in [0.717, 1.165) is 25.8 Å². The molecule has 3 rings (SSSR count). The summed E-state index contributed by atoms with van der Waals surface area (Å²) in [6.07, 6.45) is 14.2. The summed E-state index contributed by atoms with van der Waals surface area (Å²) in [6.45, 7) is 13.4. The molecular formula is C21H33N3O2. The van der Waals surface area contributed by atoms with Crippen molar-refractivity contribution in [2.24, 2.45) is 0 Å². The van der Waals surface area contributed by atoms with Crippen LogP contribution in [0, 0.1) is 0 Å². The van der Waals surface area contributed by atoms with Crippen LogP contribution in [0.4, 0.5) is 0 Å². The van der Waals surface area contributed by atoms with Crippen molar-refractivity contribution in [3.05, 3.63) is 48.1 Å². The Morgan fingerprint density at radius 1 is 1.27 bits per heavy atom. The first kappa shape index (κ1) is 21.9. The van der Waals surface area contributed by atoms with Crippen LogP contribution in [0.5, 0.6) is 0 Å². The van der Waals surface area contributed by atoms with E-state index in [0.29, 0.717) is 0 Å². The lowest BCUT2D eigenvalue weighted by molar-refractivity contribution is -0.122. The van der Waals surface area contributed by atoms with Gasteiger partial charge in [-0.25, -0.2) is 4.98 Å². The summed E-state index contributed by atoms with van der Waals surface area (Å²) >= 11 is 0. The molecule has 144 valence electrons. The standard InChI is InChI=1S/C18H25N3.C2H6.CH2O2/c1-3-7-17-15(4-2)8-9-18-16(19-14-21(17)18)10-13-20-11-5-6-12-20;1-2;2-1-3/h3-4,7,14H,2,5-6,8-13H2,1H3;1-2H3;1H,(H,2,3)/b7-3-;;. The number of fused-ring (bicyclic) bond motifs is 1. The fraction of sp³-hybridized carbons (Fsp3) is 0.524. The maximum atomic E-state index is 8.36. The Bertz CT molecular complexity index is 623. The molecule has 5 nitrogen and oxygen atoms in total. The molecule has 2 aliphatic heterocycles. The summed E-state index contributed by atoms with van der Waals surface area (Å²) in [5.41, 5.74) is 5.25. The van der Waals surface area contributed by atoms with Gasteiger partial charge >= 0.3 is 0 Å². The third-order valence-corrected chi connectivity index (χ3v) is 4.61. The maximum Gasteiger partial charge on any atom is 0.290 e. The molecule has 2 aliphatic rings. The molecule has 0 bridgehead atoms. The lowest BCUT2D eigenvalue weighted by Crippen LogP contribution is -2.22. The van der Waals surface area contributed by atoms with Crippen molar-refractivity contribution >= 4 is 12.2 Å². The maximum absolute atomic E-state index is 8.36. The van der Waals surface area contributed by atoms with Crippen LogP contribution < -0.4 is 0 Å². The Hall–Kier alpha value is -2.14. The number of rotatable bonds is 5. The summed E-state index contributed by atoms with van der Waals surface area (Å²) in [7, 11) is 0. The van der Waals surface area contributed by atoms with Gasteiger partial charge in [0.15, 0.2) is 0 Å². The molecule has 5 heteroatoms. The SMILES string of the molecule is C=CC1=C(/C=C\C)n2cnc(CCN3CCCC3)c2CC1.CC.O=CO. The molecule has 0 aliphatic carbocycles. The van der Waals surface area contributed by atoms with Gasteiger partial charge in [0.2, 0.25) is 0 Å². The number of imidazole rings is 1. The van der Waals surface area contributed by atoms with E-state index >= 15 is 0 Å². The molecular weight excluding hydrogens is 326 g/mol. The van der Waals surface area contributed by atoms with Crippen molar-refractivity contribution in [2.75, 3.05) is 19.6 Å². The van der Waals surface area contributed by atoms with Crippen LogP contribution in [0.15, 0.2) is 36.7 Å². The van der Waals surface area contributed by atoms with E-state index in [1.54, 1.807) is 0 Å². The molecule has 1 aromatic heterocycles. The Kier molecular flexibility index (Phi) is 10.3. The van der Waals surface area contributed by atoms with Crippen LogP contribution in [0.2, 0.25) is 0 Å². The molecule has 0 spiro atoms. The highest BCUT2D eigenvalue weighted by atomic mass is 16.3. The fourth-order valence-corrected chi connectivity index (χ4v) is 3.45. The number of hydrogen-bond donors (Lipinski definition) is 1. The molecule has 1 N–H and O–H groups in total. The van der Waals surface area contributed by atoms with Crippen LogP contribution in [0.25, 0.3) is 5.70 Å². The predicted molar refractivity (Wildman–Crippen MR) is 108 cm³/mol. The number of aromatic nitrogens is 2. The molecule has 0 radical (unpaired) electrons. The van der Waals surface area contributed by atoms with Crippen molar-refractivity contribution in [3.63, 3.8) is 0 Å². The third kappa shape index (κ3) is 5.70. The van der Waals surface area contributed by atoms with Crippen LogP contribution in [0.3, 0.4) is 0 Å². The molecule has 0 saturated carbocycles. The highest BCUT2D eigenvalue weighted by Crippen LogP contribution is 2.28. The van der Waals surface area contributed by atoms with Gasteiger partial charge < -0.3 is 14.6 Å². The second-order valence-corrected chi connectivity index (χ2v) is 6.03. The summed E-state index contributed by atoms with van der Waals surface area (Å²) in [4.78, 5) is 15.6. The van der Waals surface area contributed by atoms with Gasteiger partial charge in [-0.1, -0.05) is 32.6 Å². The van der Waals surface area contributed by atoms with E-state index in [4.69, 9.17) is 14.9 Å². The number of hydrogen-bond acceptors (Lipinski definition) is 3. The van der Waals surface area contributed by atoms with Gasteiger partial charge in [-0.15, -0.1) is 0 Å². The number of carboxylic acid groups (broad SMARTS) is 1. The summed E-state index contributed by atoms with van der Waals surface area (Å²) in [6, 6.07) is 0. The normalized spacial score (nSPS) is 16.4. The zero-order chi connectivity index (χ0) is 19.4. The number of nitrogens with zero attached hydrogens (tertiary/aromatic N) is 3. The van der Waals surface area contributed by atoms with Crippen molar-refractivity contribution in [1.82, 2.24) is 14.5 Å². The van der Waals surface area contributed by atoms with Gasteiger partial charge in [0.25, 0.3) is 6.47 Å². The first-order valence-corrected chi connectivity index (χ1v) is 9.59. The average Bonchev–Trinajstić information content (AvgIpc) is 3.32. The van der Waals surface area contributed by atoms with Gasteiger partial charge in [-0.2, -0.15) is 0 Å². The first-order valence-electron chi connectivity index (χ1n) is 9.59. The summed E-state index contributed by atoms with van der Waals surface area (Å²) < 4.78 is 2.26. The zero-order valence-electron chi connectivity index (χ0n) is 16.4. The summed E-state index contributed by atoms with van der Waals surface area (Å²) in [5, 5.41) is 6.89. The molecule has 0 unspecified atom stereocenters. The van der Waals surface area contributed by atoms with Crippen LogP contribution in [0.1, 0.15) is 51.4 Å². The van der Waals surface area contributed by atoms with Crippen LogP contribution >= 0.6 is 0 Å². The number of carbonyl (C=O) groups is 1. The smallest absolute Gasteiger partial charge is 0.290 e. The minimum Gasteiger partial charge on any atom is -0.483 e. The molecule has 1 fully saturated rings. The molecule has 0 atom stereocenters. The van der Waals surface area contributed by atoms with Crippen LogP contribution in [-0.2, 0) is 17.6 Å². The Morgan fingerprint density at radius 2 is 1.92 bits per heavy atom. The molecule has 0 aromatic carbocycles. The lowest BCUT2D eigenvalue weighted by Gasteiger charge is -2.20. The van der Waals surface area contributed by atoms with Crippen LogP contribution in [-0.4, -0.2) is 45.7 Å².